The summed E-state index contributed by atoms with van der Waals surface area (Å²) in [6, 6.07) is 13.1. The van der Waals surface area contributed by atoms with Crippen LogP contribution in [0.1, 0.15) is 43.7 Å². The Morgan fingerprint density at radius 2 is 1.69 bits per heavy atom. The molecule has 2 aromatic carbocycles. The molecule has 1 aliphatic rings. The number of aryl methyl sites for hydroxylation is 1. The van der Waals surface area contributed by atoms with Crippen LogP contribution in [0.3, 0.4) is 0 Å². The van der Waals surface area contributed by atoms with E-state index >= 15 is 0 Å². The number of ether oxygens (including phenoxy) is 1. The first-order valence-corrected chi connectivity index (χ1v) is 10.1. The number of hydrogen-bond donors (Lipinski definition) is 2. The monoisotopic (exact) mass is 395 g/mol. The minimum atomic E-state index is -0.276. The van der Waals surface area contributed by atoms with Crippen molar-refractivity contribution in [2.75, 3.05) is 30.3 Å². The van der Waals surface area contributed by atoms with E-state index < -0.39 is 0 Å². The molecule has 3 rings (SSSR count). The number of carbonyl (C=O) groups is 2. The van der Waals surface area contributed by atoms with Gasteiger partial charge < -0.3 is 20.3 Å². The highest BCUT2D eigenvalue weighted by Crippen LogP contribution is 2.25. The zero-order valence-corrected chi connectivity index (χ0v) is 17.3. The van der Waals surface area contributed by atoms with Gasteiger partial charge in [-0.05, 0) is 55.0 Å². The fraction of sp³-hybridized carbons (Fsp3) is 0.391. The Hall–Kier alpha value is -3.02. The molecule has 0 aromatic heterocycles. The summed E-state index contributed by atoms with van der Waals surface area (Å²) in [5.74, 6) is 0.821. The molecule has 6 heteroatoms. The molecule has 0 aliphatic carbocycles. The maximum absolute atomic E-state index is 12.5. The molecule has 0 atom stereocenters. The molecule has 0 unspecified atom stereocenters. The van der Waals surface area contributed by atoms with Gasteiger partial charge in [0.05, 0.1) is 11.4 Å². The lowest BCUT2D eigenvalue weighted by atomic mass is 10.0. The second-order valence-corrected chi connectivity index (χ2v) is 7.69. The molecule has 2 aromatic rings. The highest BCUT2D eigenvalue weighted by molar-refractivity contribution is 5.99. The summed E-state index contributed by atoms with van der Waals surface area (Å²) in [6.45, 7) is 7.63. The van der Waals surface area contributed by atoms with Gasteiger partial charge in [0.25, 0.3) is 5.91 Å². The van der Waals surface area contributed by atoms with Crippen LogP contribution in [0.4, 0.5) is 16.2 Å². The number of nitrogens with zero attached hydrogens (tertiary/aromatic N) is 1. The first kappa shape index (κ1) is 20.7. The number of amides is 3. The second kappa shape index (κ2) is 9.45. The molecule has 154 valence electrons. The highest BCUT2D eigenvalue weighted by atomic mass is 16.5. The lowest BCUT2D eigenvalue weighted by Gasteiger charge is -2.18. The van der Waals surface area contributed by atoms with E-state index in [-0.39, 0.29) is 18.5 Å². The van der Waals surface area contributed by atoms with Crippen LogP contribution in [0.15, 0.2) is 42.5 Å². The van der Waals surface area contributed by atoms with Crippen LogP contribution in [0, 0.1) is 6.92 Å². The Morgan fingerprint density at radius 1 is 1.03 bits per heavy atom. The minimum Gasteiger partial charge on any atom is -0.483 e. The van der Waals surface area contributed by atoms with E-state index in [1.54, 1.807) is 17.0 Å². The molecule has 0 saturated carbocycles. The topological polar surface area (TPSA) is 70.7 Å². The summed E-state index contributed by atoms with van der Waals surface area (Å²) in [5.41, 5.74) is 3.29. The van der Waals surface area contributed by atoms with Gasteiger partial charge in [0.1, 0.15) is 5.75 Å². The first-order chi connectivity index (χ1) is 13.9. The number of urea groups is 1. The van der Waals surface area contributed by atoms with Crippen molar-refractivity contribution in [3.63, 3.8) is 0 Å². The molecular formula is C23H29N3O3. The van der Waals surface area contributed by atoms with Gasteiger partial charge in [-0.15, -0.1) is 0 Å². The fourth-order valence-electron chi connectivity index (χ4n) is 3.28. The van der Waals surface area contributed by atoms with Gasteiger partial charge >= 0.3 is 6.03 Å². The molecule has 1 saturated heterocycles. The van der Waals surface area contributed by atoms with E-state index in [0.29, 0.717) is 23.0 Å². The van der Waals surface area contributed by atoms with E-state index in [4.69, 9.17) is 4.74 Å². The highest BCUT2D eigenvalue weighted by Gasteiger charge is 2.19. The van der Waals surface area contributed by atoms with Gasteiger partial charge in [-0.25, -0.2) is 4.79 Å². The van der Waals surface area contributed by atoms with Crippen molar-refractivity contribution in [2.24, 2.45) is 0 Å². The van der Waals surface area contributed by atoms with Crippen LogP contribution >= 0.6 is 0 Å². The molecule has 3 amide bonds. The van der Waals surface area contributed by atoms with E-state index in [1.807, 2.05) is 31.2 Å². The predicted molar refractivity (Wildman–Crippen MR) is 116 cm³/mol. The third-order valence-electron chi connectivity index (χ3n) is 5.07. The smallest absolute Gasteiger partial charge is 0.321 e. The molecule has 2 N–H and O–H groups in total. The van der Waals surface area contributed by atoms with Gasteiger partial charge in [0.15, 0.2) is 6.61 Å². The summed E-state index contributed by atoms with van der Waals surface area (Å²) in [4.78, 5) is 26.6. The summed E-state index contributed by atoms with van der Waals surface area (Å²) in [7, 11) is 0. The van der Waals surface area contributed by atoms with Crippen molar-refractivity contribution in [1.82, 2.24) is 4.90 Å². The Balaban J connectivity index is 1.61. The quantitative estimate of drug-likeness (QED) is 0.741. The van der Waals surface area contributed by atoms with Gasteiger partial charge in [0.2, 0.25) is 0 Å². The molecule has 6 nitrogen and oxygen atoms in total. The van der Waals surface area contributed by atoms with E-state index in [0.717, 1.165) is 31.5 Å². The SMILES string of the molecule is Cc1ccc(C(C)C)cc1OCC(=O)Nc1ccccc1NC(=O)N1CCCC1. The molecular weight excluding hydrogens is 366 g/mol. The number of nitrogens with one attached hydrogen (secondary N) is 2. The van der Waals surface area contributed by atoms with Crippen LogP contribution < -0.4 is 15.4 Å². The van der Waals surface area contributed by atoms with Gasteiger partial charge in [-0.3, -0.25) is 4.79 Å². The third kappa shape index (κ3) is 5.50. The van der Waals surface area contributed by atoms with Crippen molar-refractivity contribution in [3.8, 4) is 5.75 Å². The standard InChI is InChI=1S/C23H29N3O3/c1-16(2)18-11-10-17(3)21(14-18)29-15-22(27)24-19-8-4-5-9-20(19)25-23(28)26-12-6-7-13-26/h4-5,8-11,14,16H,6-7,12-13,15H2,1-3H3,(H,24,27)(H,25,28). The number of para-hydroxylation sites is 2. The fourth-order valence-corrected chi connectivity index (χ4v) is 3.28. The summed E-state index contributed by atoms with van der Waals surface area (Å²) in [6.07, 6.45) is 2.06. The van der Waals surface area contributed by atoms with Crippen molar-refractivity contribution in [1.29, 1.82) is 0 Å². The Bertz CT molecular complexity index is 873. The average Bonchev–Trinajstić information content (AvgIpc) is 3.23. The molecule has 29 heavy (non-hydrogen) atoms. The lowest BCUT2D eigenvalue weighted by Crippen LogP contribution is -2.32. The first-order valence-electron chi connectivity index (χ1n) is 10.1. The molecule has 1 aliphatic heterocycles. The van der Waals surface area contributed by atoms with Crippen LogP contribution in [-0.4, -0.2) is 36.5 Å². The van der Waals surface area contributed by atoms with E-state index in [2.05, 4.69) is 30.5 Å². The van der Waals surface area contributed by atoms with E-state index in [1.165, 1.54) is 5.56 Å². The van der Waals surface area contributed by atoms with Crippen LogP contribution in [-0.2, 0) is 4.79 Å². The van der Waals surface area contributed by atoms with Gasteiger partial charge in [-0.1, -0.05) is 38.1 Å². The normalized spacial score (nSPS) is 13.4. The van der Waals surface area contributed by atoms with Crippen molar-refractivity contribution in [2.45, 2.75) is 39.5 Å². The zero-order valence-electron chi connectivity index (χ0n) is 17.3. The Labute approximate surface area is 172 Å². The largest absolute Gasteiger partial charge is 0.483 e. The van der Waals surface area contributed by atoms with E-state index in [9.17, 15) is 9.59 Å². The summed E-state index contributed by atoms with van der Waals surface area (Å²) < 4.78 is 5.76. The minimum absolute atomic E-state index is 0.100. The van der Waals surface area contributed by atoms with Crippen molar-refractivity contribution in [3.05, 3.63) is 53.6 Å². The number of carbonyl (C=O) groups excluding carboxylic acids is 2. The second-order valence-electron chi connectivity index (χ2n) is 7.69. The Kier molecular flexibility index (Phi) is 6.75. The number of hydrogen-bond acceptors (Lipinski definition) is 3. The summed E-state index contributed by atoms with van der Waals surface area (Å²) in [5, 5.41) is 5.73. The van der Waals surface area contributed by atoms with Crippen LogP contribution in [0.2, 0.25) is 0 Å². The van der Waals surface area contributed by atoms with Gasteiger partial charge in [0, 0.05) is 13.1 Å². The molecule has 0 radical (unpaired) electrons. The number of benzene rings is 2. The zero-order chi connectivity index (χ0) is 20.8. The van der Waals surface area contributed by atoms with Crippen LogP contribution in [0.25, 0.3) is 0 Å². The number of rotatable bonds is 6. The summed E-state index contributed by atoms with van der Waals surface area (Å²) >= 11 is 0. The third-order valence-corrected chi connectivity index (χ3v) is 5.07. The molecule has 0 spiro atoms. The maximum atomic E-state index is 12.5. The lowest BCUT2D eigenvalue weighted by molar-refractivity contribution is -0.118. The Morgan fingerprint density at radius 3 is 2.34 bits per heavy atom. The van der Waals surface area contributed by atoms with Crippen molar-refractivity contribution < 1.29 is 14.3 Å². The predicted octanol–water partition coefficient (Wildman–Crippen LogP) is 4.76. The average molecular weight is 396 g/mol. The number of anilines is 2. The molecule has 0 bridgehead atoms. The van der Waals surface area contributed by atoms with Crippen LogP contribution in [0.5, 0.6) is 5.75 Å². The van der Waals surface area contributed by atoms with Crippen molar-refractivity contribution >= 4 is 23.3 Å². The molecule has 1 fully saturated rings. The number of likely N-dealkylation sites (tertiary alicyclic amines) is 1. The van der Waals surface area contributed by atoms with Gasteiger partial charge in [-0.2, -0.15) is 0 Å². The molecule has 1 heterocycles. The maximum Gasteiger partial charge on any atom is 0.321 e.